The zero-order chi connectivity index (χ0) is 16.1. The smallest absolute Gasteiger partial charge is 0.261 e. The first kappa shape index (κ1) is 13.9. The SMILES string of the molecule is C[C@@H](CO)N1C(=O)c2cc3cc4ccccc4cc3cc2C1=O. The van der Waals surface area contributed by atoms with Gasteiger partial charge in [0.25, 0.3) is 11.8 Å². The minimum Gasteiger partial charge on any atom is -0.394 e. The highest BCUT2D eigenvalue weighted by Gasteiger charge is 2.38. The number of fused-ring (bicyclic) bond motifs is 3. The fourth-order valence-corrected chi connectivity index (χ4v) is 3.18. The Morgan fingerprint density at radius 3 is 1.78 bits per heavy atom. The van der Waals surface area contributed by atoms with Gasteiger partial charge in [0, 0.05) is 0 Å². The maximum Gasteiger partial charge on any atom is 0.261 e. The maximum atomic E-state index is 12.5. The Hall–Kier alpha value is -2.72. The molecule has 0 fully saturated rings. The number of aliphatic hydroxyl groups excluding tert-OH is 1. The molecular weight excluding hydrogens is 290 g/mol. The quantitative estimate of drug-likeness (QED) is 0.585. The van der Waals surface area contributed by atoms with Crippen molar-refractivity contribution in [3.63, 3.8) is 0 Å². The highest BCUT2D eigenvalue weighted by Crippen LogP contribution is 2.31. The Labute approximate surface area is 132 Å². The van der Waals surface area contributed by atoms with E-state index >= 15 is 0 Å². The van der Waals surface area contributed by atoms with Crippen LogP contribution in [0.2, 0.25) is 0 Å². The highest BCUT2D eigenvalue weighted by atomic mass is 16.3. The third kappa shape index (κ3) is 1.95. The highest BCUT2D eigenvalue weighted by molar-refractivity contribution is 6.23. The van der Waals surface area contributed by atoms with Crippen LogP contribution in [-0.2, 0) is 0 Å². The number of hydrogen-bond acceptors (Lipinski definition) is 3. The molecule has 0 bridgehead atoms. The summed E-state index contributed by atoms with van der Waals surface area (Å²) < 4.78 is 0. The third-order valence-electron chi connectivity index (χ3n) is 4.44. The van der Waals surface area contributed by atoms with E-state index in [1.807, 2.05) is 36.4 Å². The first-order valence-corrected chi connectivity index (χ1v) is 7.55. The van der Waals surface area contributed by atoms with E-state index in [0.29, 0.717) is 11.1 Å². The van der Waals surface area contributed by atoms with Gasteiger partial charge in [0.2, 0.25) is 0 Å². The van der Waals surface area contributed by atoms with Crippen molar-refractivity contribution in [3.8, 4) is 0 Å². The van der Waals surface area contributed by atoms with Gasteiger partial charge < -0.3 is 5.11 Å². The Morgan fingerprint density at radius 1 is 0.870 bits per heavy atom. The predicted molar refractivity (Wildman–Crippen MR) is 88.5 cm³/mol. The molecule has 0 aromatic heterocycles. The number of imide groups is 1. The van der Waals surface area contributed by atoms with Crippen LogP contribution < -0.4 is 0 Å². The Morgan fingerprint density at radius 2 is 1.35 bits per heavy atom. The van der Waals surface area contributed by atoms with Crippen molar-refractivity contribution < 1.29 is 14.7 Å². The lowest BCUT2D eigenvalue weighted by atomic mass is 9.99. The van der Waals surface area contributed by atoms with Crippen molar-refractivity contribution in [3.05, 3.63) is 59.7 Å². The van der Waals surface area contributed by atoms with E-state index in [4.69, 9.17) is 0 Å². The van der Waals surface area contributed by atoms with Gasteiger partial charge in [-0.05, 0) is 52.7 Å². The van der Waals surface area contributed by atoms with Gasteiger partial charge in [-0.2, -0.15) is 0 Å². The van der Waals surface area contributed by atoms with Gasteiger partial charge in [0.05, 0.1) is 23.8 Å². The van der Waals surface area contributed by atoms with Crippen LogP contribution in [0.5, 0.6) is 0 Å². The van der Waals surface area contributed by atoms with Crippen LogP contribution in [0.4, 0.5) is 0 Å². The summed E-state index contributed by atoms with van der Waals surface area (Å²) in [5.74, 6) is -0.664. The van der Waals surface area contributed by atoms with Crippen LogP contribution in [0.15, 0.2) is 48.5 Å². The van der Waals surface area contributed by atoms with Crippen molar-refractivity contribution >= 4 is 33.4 Å². The fraction of sp³-hybridized carbons (Fsp3) is 0.158. The number of nitrogens with zero attached hydrogens (tertiary/aromatic N) is 1. The van der Waals surface area contributed by atoms with Crippen molar-refractivity contribution in [1.82, 2.24) is 4.90 Å². The normalized spacial score (nSPS) is 15.5. The monoisotopic (exact) mass is 305 g/mol. The second-order valence-corrected chi connectivity index (χ2v) is 5.96. The van der Waals surface area contributed by atoms with Crippen molar-refractivity contribution in [2.24, 2.45) is 0 Å². The number of benzene rings is 3. The van der Waals surface area contributed by atoms with Crippen LogP contribution >= 0.6 is 0 Å². The molecule has 4 rings (SSSR count). The maximum absolute atomic E-state index is 12.5. The standard InChI is InChI=1S/C19H15NO3/c1-11(10-21)20-18(22)16-8-14-6-12-4-2-3-5-13(12)7-15(14)9-17(16)19(20)23/h2-9,11,21H,10H2,1H3/t11-/m0/s1. The van der Waals surface area contributed by atoms with Gasteiger partial charge in [0.15, 0.2) is 0 Å². The Kier molecular flexibility index (Phi) is 2.96. The first-order chi connectivity index (χ1) is 11.1. The van der Waals surface area contributed by atoms with Crippen LogP contribution in [0.25, 0.3) is 21.5 Å². The van der Waals surface area contributed by atoms with E-state index < -0.39 is 6.04 Å². The van der Waals surface area contributed by atoms with E-state index in [1.165, 1.54) is 0 Å². The minimum absolute atomic E-state index is 0.241. The molecule has 1 heterocycles. The van der Waals surface area contributed by atoms with Gasteiger partial charge in [0.1, 0.15) is 0 Å². The number of hydrogen-bond donors (Lipinski definition) is 1. The molecule has 1 aliphatic heterocycles. The first-order valence-electron chi connectivity index (χ1n) is 7.55. The summed E-state index contributed by atoms with van der Waals surface area (Å²) in [4.78, 5) is 26.2. The molecule has 0 spiro atoms. The number of rotatable bonds is 2. The van der Waals surface area contributed by atoms with Gasteiger partial charge in [-0.3, -0.25) is 14.5 Å². The number of amides is 2. The molecule has 23 heavy (non-hydrogen) atoms. The predicted octanol–water partition coefficient (Wildman–Crippen LogP) is 2.97. The molecule has 0 aliphatic carbocycles. The molecule has 1 aliphatic rings. The van der Waals surface area contributed by atoms with E-state index in [0.717, 1.165) is 26.4 Å². The molecule has 3 aromatic carbocycles. The fourth-order valence-electron chi connectivity index (χ4n) is 3.18. The van der Waals surface area contributed by atoms with Crippen LogP contribution in [-0.4, -0.2) is 34.5 Å². The lowest BCUT2D eigenvalue weighted by molar-refractivity contribution is 0.0537. The zero-order valence-corrected chi connectivity index (χ0v) is 12.6. The molecule has 0 saturated carbocycles. The molecule has 114 valence electrons. The molecule has 0 radical (unpaired) electrons. The second kappa shape index (κ2) is 4.89. The Balaban J connectivity index is 1.95. The largest absolute Gasteiger partial charge is 0.394 e. The molecule has 0 saturated heterocycles. The summed E-state index contributed by atoms with van der Waals surface area (Å²) in [7, 11) is 0. The van der Waals surface area contributed by atoms with E-state index in [1.54, 1.807) is 19.1 Å². The van der Waals surface area contributed by atoms with Crippen molar-refractivity contribution in [2.45, 2.75) is 13.0 Å². The van der Waals surface area contributed by atoms with E-state index in [-0.39, 0.29) is 18.4 Å². The van der Waals surface area contributed by atoms with Crippen LogP contribution in [0, 0.1) is 0 Å². The number of carbonyl (C=O) groups is 2. The van der Waals surface area contributed by atoms with Crippen molar-refractivity contribution in [1.29, 1.82) is 0 Å². The molecule has 3 aromatic rings. The lowest BCUT2D eigenvalue weighted by Gasteiger charge is -2.19. The summed E-state index contributed by atoms with van der Waals surface area (Å²) in [6.07, 6.45) is 0. The van der Waals surface area contributed by atoms with Gasteiger partial charge in [-0.25, -0.2) is 0 Å². The lowest BCUT2D eigenvalue weighted by Crippen LogP contribution is -2.40. The summed E-state index contributed by atoms with van der Waals surface area (Å²) in [6.45, 7) is 1.42. The topological polar surface area (TPSA) is 57.6 Å². The molecule has 1 N–H and O–H groups in total. The van der Waals surface area contributed by atoms with E-state index in [9.17, 15) is 14.7 Å². The van der Waals surface area contributed by atoms with Crippen molar-refractivity contribution in [2.75, 3.05) is 6.61 Å². The molecule has 2 amide bonds. The number of carbonyl (C=O) groups excluding carboxylic acids is 2. The molecule has 1 atom stereocenters. The number of aliphatic hydroxyl groups is 1. The summed E-state index contributed by atoms with van der Waals surface area (Å²) in [5.41, 5.74) is 0.830. The average Bonchev–Trinajstić information content (AvgIpc) is 2.81. The molecule has 0 unspecified atom stereocenters. The van der Waals surface area contributed by atoms with Gasteiger partial charge in [-0.1, -0.05) is 24.3 Å². The van der Waals surface area contributed by atoms with E-state index in [2.05, 4.69) is 0 Å². The second-order valence-electron chi connectivity index (χ2n) is 5.96. The van der Waals surface area contributed by atoms with Crippen LogP contribution in [0.1, 0.15) is 27.6 Å². The molecular formula is C19H15NO3. The van der Waals surface area contributed by atoms with Crippen LogP contribution in [0.3, 0.4) is 0 Å². The average molecular weight is 305 g/mol. The summed E-state index contributed by atoms with van der Waals surface area (Å²) in [5, 5.41) is 13.3. The minimum atomic E-state index is -0.524. The summed E-state index contributed by atoms with van der Waals surface area (Å²) >= 11 is 0. The third-order valence-corrected chi connectivity index (χ3v) is 4.44. The van der Waals surface area contributed by atoms with Gasteiger partial charge >= 0.3 is 0 Å². The Bertz CT molecular complexity index is 903. The summed E-state index contributed by atoms with van der Waals surface area (Å²) in [6, 6.07) is 15.1. The zero-order valence-electron chi connectivity index (χ0n) is 12.6. The molecule has 4 nitrogen and oxygen atoms in total. The molecule has 4 heteroatoms. The van der Waals surface area contributed by atoms with Gasteiger partial charge in [-0.15, -0.1) is 0 Å².